The molecule has 0 radical (unpaired) electrons. The van der Waals surface area contributed by atoms with Gasteiger partial charge in [-0.15, -0.1) is 0 Å². The highest BCUT2D eigenvalue weighted by Crippen LogP contribution is 2.36. The first-order valence-corrected chi connectivity index (χ1v) is 10.7. The molecule has 144 valence electrons. The van der Waals surface area contributed by atoms with E-state index < -0.39 is 22.9 Å². The molecule has 0 spiro atoms. The van der Waals surface area contributed by atoms with Crippen molar-refractivity contribution >= 4 is 17.3 Å². The first-order chi connectivity index (χ1) is 11.7. The van der Waals surface area contributed by atoms with E-state index in [9.17, 15) is 8.42 Å². The van der Waals surface area contributed by atoms with Crippen LogP contribution in [-0.2, 0) is 10.2 Å². The molecular weight excluding hydrogens is 343 g/mol. The second-order valence-electron chi connectivity index (χ2n) is 8.24. The Labute approximate surface area is 151 Å². The molecule has 5 N–H and O–H groups in total. The van der Waals surface area contributed by atoms with Gasteiger partial charge in [-0.25, -0.2) is 0 Å². The molecule has 0 aromatic carbocycles. The molecule has 2 aliphatic heterocycles. The van der Waals surface area contributed by atoms with Gasteiger partial charge in [-0.3, -0.25) is 0 Å². The molecule has 3 aliphatic rings. The van der Waals surface area contributed by atoms with E-state index in [1.165, 1.54) is 0 Å². The lowest BCUT2D eigenvalue weighted by molar-refractivity contribution is 0.220. The lowest BCUT2D eigenvalue weighted by Gasteiger charge is -2.39. The van der Waals surface area contributed by atoms with E-state index in [1.807, 2.05) is 6.92 Å². The van der Waals surface area contributed by atoms with Crippen molar-refractivity contribution < 1.29 is 18.5 Å². The third kappa shape index (κ3) is 4.55. The van der Waals surface area contributed by atoms with Gasteiger partial charge in [-0.2, -0.15) is 17.0 Å². The Bertz CT molecular complexity index is 566. The van der Waals surface area contributed by atoms with E-state index in [2.05, 4.69) is 5.32 Å². The molecule has 1 saturated carbocycles. The molecule has 2 heterocycles. The van der Waals surface area contributed by atoms with Crippen LogP contribution in [0.25, 0.3) is 0 Å². The summed E-state index contributed by atoms with van der Waals surface area (Å²) < 4.78 is 29.7. The minimum absolute atomic E-state index is 0.0308. The Balaban J connectivity index is 1.66. The van der Waals surface area contributed by atoms with Crippen LogP contribution in [0.3, 0.4) is 0 Å². The highest BCUT2D eigenvalue weighted by molar-refractivity contribution is 7.86. The SMILES string of the molecule is C[C@]1(N)CN(S(=O)(=O)N(CC2CC2)C2CNC2)C[C@@H]1CCCB(O)O. The maximum absolute atomic E-state index is 13.2. The van der Waals surface area contributed by atoms with Crippen molar-refractivity contribution in [2.45, 2.75) is 50.5 Å². The van der Waals surface area contributed by atoms with Crippen molar-refractivity contribution in [1.29, 1.82) is 0 Å². The van der Waals surface area contributed by atoms with Crippen LogP contribution in [0, 0.1) is 11.8 Å². The number of nitrogens with two attached hydrogens (primary N) is 1. The van der Waals surface area contributed by atoms with E-state index in [0.717, 1.165) is 25.9 Å². The molecule has 10 heteroatoms. The number of hydrogen-bond acceptors (Lipinski definition) is 6. The minimum atomic E-state index is -3.51. The van der Waals surface area contributed by atoms with Gasteiger partial charge in [0, 0.05) is 38.3 Å². The number of nitrogens with zero attached hydrogens (tertiary/aromatic N) is 2. The van der Waals surface area contributed by atoms with E-state index in [4.69, 9.17) is 15.8 Å². The summed E-state index contributed by atoms with van der Waals surface area (Å²) in [4.78, 5) is 0. The molecular formula is C15H31BN4O4S. The monoisotopic (exact) mass is 374 g/mol. The molecule has 0 aromatic heterocycles. The lowest BCUT2D eigenvalue weighted by atomic mass is 9.79. The molecule has 0 amide bonds. The fourth-order valence-electron chi connectivity index (χ4n) is 3.78. The van der Waals surface area contributed by atoms with Crippen LogP contribution in [0.1, 0.15) is 32.6 Å². The lowest BCUT2D eigenvalue weighted by Crippen LogP contribution is -2.61. The quantitative estimate of drug-likeness (QED) is 0.377. The Morgan fingerprint density at radius 3 is 2.56 bits per heavy atom. The van der Waals surface area contributed by atoms with Crippen LogP contribution in [-0.4, -0.2) is 78.5 Å². The van der Waals surface area contributed by atoms with Crippen molar-refractivity contribution in [3.63, 3.8) is 0 Å². The first kappa shape index (κ1) is 19.5. The zero-order chi connectivity index (χ0) is 18.2. The maximum Gasteiger partial charge on any atom is 0.451 e. The average Bonchev–Trinajstić information content (AvgIpc) is 3.20. The summed E-state index contributed by atoms with van der Waals surface area (Å²) in [5.74, 6) is 0.535. The molecule has 2 atom stereocenters. The van der Waals surface area contributed by atoms with Gasteiger partial charge >= 0.3 is 7.12 Å². The fraction of sp³-hybridized carbons (Fsp3) is 1.00. The highest BCUT2D eigenvalue weighted by atomic mass is 32.2. The zero-order valence-electron chi connectivity index (χ0n) is 15.0. The molecule has 0 aromatic rings. The fourth-order valence-corrected chi connectivity index (χ4v) is 5.81. The van der Waals surface area contributed by atoms with Gasteiger partial charge in [0.2, 0.25) is 0 Å². The van der Waals surface area contributed by atoms with Crippen molar-refractivity contribution in [3.8, 4) is 0 Å². The molecule has 3 rings (SSSR count). The third-order valence-electron chi connectivity index (χ3n) is 5.81. The van der Waals surface area contributed by atoms with Crippen LogP contribution < -0.4 is 11.1 Å². The molecule has 1 aliphatic carbocycles. The minimum Gasteiger partial charge on any atom is -0.427 e. The maximum atomic E-state index is 13.2. The molecule has 2 saturated heterocycles. The van der Waals surface area contributed by atoms with Crippen molar-refractivity contribution in [2.75, 3.05) is 32.7 Å². The van der Waals surface area contributed by atoms with Crippen LogP contribution in [0.15, 0.2) is 0 Å². The highest BCUT2D eigenvalue weighted by Gasteiger charge is 2.48. The molecule has 3 fully saturated rings. The van der Waals surface area contributed by atoms with E-state index >= 15 is 0 Å². The summed E-state index contributed by atoms with van der Waals surface area (Å²) in [6.45, 7) is 4.70. The first-order valence-electron chi connectivity index (χ1n) is 9.33. The van der Waals surface area contributed by atoms with Gasteiger partial charge in [0.25, 0.3) is 10.2 Å². The second-order valence-corrected chi connectivity index (χ2v) is 10.1. The topological polar surface area (TPSA) is 119 Å². The molecule has 0 unspecified atom stereocenters. The largest absolute Gasteiger partial charge is 0.451 e. The molecule has 8 nitrogen and oxygen atoms in total. The third-order valence-corrected chi connectivity index (χ3v) is 7.78. The van der Waals surface area contributed by atoms with Crippen LogP contribution in [0.5, 0.6) is 0 Å². The van der Waals surface area contributed by atoms with E-state index in [0.29, 0.717) is 44.7 Å². The van der Waals surface area contributed by atoms with Gasteiger partial charge in [0.1, 0.15) is 0 Å². The Hall–Kier alpha value is -0.225. The smallest absolute Gasteiger partial charge is 0.427 e. The standard InChI is InChI=1S/C15H31BN4O4S/c1-15(17)11-19(10-13(15)3-2-6-16(21)22)25(23,24)20(9-12-4-5-12)14-7-18-8-14/h12-14,18,21-22H,2-11,17H2,1H3/t13-,15-/m0/s1. The molecule has 0 bridgehead atoms. The number of hydrogen-bond donors (Lipinski definition) is 4. The van der Waals surface area contributed by atoms with Crippen molar-refractivity contribution in [3.05, 3.63) is 0 Å². The summed E-state index contributed by atoms with van der Waals surface area (Å²) in [5.41, 5.74) is 5.81. The summed E-state index contributed by atoms with van der Waals surface area (Å²) in [7, 11) is -4.83. The number of rotatable bonds is 9. The van der Waals surface area contributed by atoms with Crippen LogP contribution in [0.2, 0.25) is 6.32 Å². The molecule has 25 heavy (non-hydrogen) atoms. The Morgan fingerprint density at radius 2 is 2.04 bits per heavy atom. The Morgan fingerprint density at radius 1 is 1.36 bits per heavy atom. The summed E-state index contributed by atoms with van der Waals surface area (Å²) in [6, 6.07) is 0.0539. The van der Waals surface area contributed by atoms with Gasteiger partial charge < -0.3 is 21.1 Å². The normalized spacial score (nSPS) is 31.5. The van der Waals surface area contributed by atoms with Crippen LogP contribution >= 0.6 is 0 Å². The summed E-state index contributed by atoms with van der Waals surface area (Å²) >= 11 is 0. The van der Waals surface area contributed by atoms with Gasteiger partial charge in [-0.1, -0.05) is 6.42 Å². The predicted molar refractivity (Wildman–Crippen MR) is 96.9 cm³/mol. The summed E-state index contributed by atoms with van der Waals surface area (Å²) in [5, 5.41) is 21.2. The van der Waals surface area contributed by atoms with Gasteiger partial charge in [0.05, 0.1) is 6.04 Å². The zero-order valence-corrected chi connectivity index (χ0v) is 15.8. The van der Waals surface area contributed by atoms with Crippen molar-refractivity contribution in [2.24, 2.45) is 17.6 Å². The van der Waals surface area contributed by atoms with E-state index in [-0.39, 0.29) is 12.0 Å². The second kappa shape index (κ2) is 7.42. The number of nitrogens with one attached hydrogen (secondary N) is 1. The summed E-state index contributed by atoms with van der Waals surface area (Å²) in [6.07, 6.45) is 3.85. The van der Waals surface area contributed by atoms with Crippen LogP contribution in [0.4, 0.5) is 0 Å². The predicted octanol–water partition coefficient (Wildman–Crippen LogP) is -1.18. The Kier molecular flexibility index (Phi) is 5.80. The van der Waals surface area contributed by atoms with E-state index in [1.54, 1.807) is 8.61 Å². The van der Waals surface area contributed by atoms with Crippen molar-refractivity contribution in [1.82, 2.24) is 13.9 Å². The average molecular weight is 374 g/mol. The van der Waals surface area contributed by atoms with Gasteiger partial charge in [0.15, 0.2) is 0 Å². The van der Waals surface area contributed by atoms with Gasteiger partial charge in [-0.05, 0) is 44.3 Å².